The number of halogens is 1. The number of hydrogen-bond acceptors (Lipinski definition) is 2. The van der Waals surface area contributed by atoms with Crippen molar-refractivity contribution in [3.05, 3.63) is 22.7 Å². The number of hydrogen-bond donors (Lipinski definition) is 1. The highest BCUT2D eigenvalue weighted by Crippen LogP contribution is 2.29. The molecule has 0 aliphatic heterocycles. The molecule has 1 N–H and O–H groups in total. The molecule has 0 radical (unpaired) electrons. The summed E-state index contributed by atoms with van der Waals surface area (Å²) in [5.41, 5.74) is 2.67. The van der Waals surface area contributed by atoms with Crippen molar-refractivity contribution < 1.29 is 0 Å². The highest BCUT2D eigenvalue weighted by atomic mass is 79.9. The van der Waals surface area contributed by atoms with E-state index in [-0.39, 0.29) is 5.41 Å². The monoisotopic (exact) mass is 284 g/mol. The fourth-order valence-electron chi connectivity index (χ4n) is 1.40. The molecule has 90 valence electrons. The van der Waals surface area contributed by atoms with E-state index in [9.17, 15) is 0 Å². The molecule has 3 heteroatoms. The van der Waals surface area contributed by atoms with Crippen LogP contribution in [0.25, 0.3) is 0 Å². The Labute approximate surface area is 107 Å². The molecule has 0 atom stereocenters. The van der Waals surface area contributed by atoms with Crippen molar-refractivity contribution in [2.45, 2.75) is 20.8 Å². The zero-order valence-electron chi connectivity index (χ0n) is 10.8. The number of benzene rings is 1. The Kier molecular flexibility index (Phi) is 4.25. The lowest BCUT2D eigenvalue weighted by molar-refractivity contribution is 0.443. The van der Waals surface area contributed by atoms with Crippen LogP contribution in [-0.4, -0.2) is 20.6 Å². The van der Waals surface area contributed by atoms with Gasteiger partial charge in [-0.05, 0) is 23.6 Å². The molecule has 0 spiro atoms. The van der Waals surface area contributed by atoms with Crippen molar-refractivity contribution in [2.75, 3.05) is 30.9 Å². The summed E-state index contributed by atoms with van der Waals surface area (Å²) in [4.78, 5) is 2.12. The van der Waals surface area contributed by atoms with Gasteiger partial charge in [0.25, 0.3) is 0 Å². The smallest absolute Gasteiger partial charge is 0.0597 e. The SMILES string of the molecule is CN(C)c1ccc(Br)cc1NCC(C)(C)C. The maximum absolute atomic E-state index is 3.51. The van der Waals surface area contributed by atoms with Gasteiger partial charge >= 0.3 is 0 Å². The van der Waals surface area contributed by atoms with Crippen LogP contribution in [-0.2, 0) is 0 Å². The van der Waals surface area contributed by atoms with Crippen molar-refractivity contribution >= 4 is 27.3 Å². The predicted octanol–water partition coefficient (Wildman–Crippen LogP) is 3.97. The van der Waals surface area contributed by atoms with Crippen LogP contribution < -0.4 is 10.2 Å². The second-order valence-corrected chi connectivity index (χ2v) is 6.39. The van der Waals surface area contributed by atoms with Gasteiger partial charge in [-0.2, -0.15) is 0 Å². The van der Waals surface area contributed by atoms with E-state index in [4.69, 9.17) is 0 Å². The first kappa shape index (κ1) is 13.4. The fourth-order valence-corrected chi connectivity index (χ4v) is 1.76. The minimum Gasteiger partial charge on any atom is -0.383 e. The van der Waals surface area contributed by atoms with Gasteiger partial charge in [-0.3, -0.25) is 0 Å². The molecule has 0 aliphatic carbocycles. The lowest BCUT2D eigenvalue weighted by Gasteiger charge is -2.23. The van der Waals surface area contributed by atoms with Crippen LogP contribution >= 0.6 is 15.9 Å². The predicted molar refractivity (Wildman–Crippen MR) is 76.4 cm³/mol. The molecule has 0 fully saturated rings. The highest BCUT2D eigenvalue weighted by Gasteiger charge is 2.11. The lowest BCUT2D eigenvalue weighted by Crippen LogP contribution is -2.20. The third-order valence-electron chi connectivity index (χ3n) is 2.25. The number of rotatable bonds is 3. The van der Waals surface area contributed by atoms with Crippen molar-refractivity contribution in [1.29, 1.82) is 0 Å². The Balaban J connectivity index is 2.88. The summed E-state index contributed by atoms with van der Waals surface area (Å²) in [5.74, 6) is 0. The molecule has 1 aromatic carbocycles. The second kappa shape index (κ2) is 5.09. The van der Waals surface area contributed by atoms with E-state index < -0.39 is 0 Å². The zero-order chi connectivity index (χ0) is 12.3. The van der Waals surface area contributed by atoms with Crippen molar-refractivity contribution in [3.63, 3.8) is 0 Å². The maximum atomic E-state index is 3.51. The second-order valence-electron chi connectivity index (χ2n) is 5.47. The molecular formula is C13H21BrN2. The van der Waals surface area contributed by atoms with E-state index in [0.717, 1.165) is 11.0 Å². The van der Waals surface area contributed by atoms with Crippen LogP contribution in [0, 0.1) is 5.41 Å². The van der Waals surface area contributed by atoms with Gasteiger partial charge in [-0.25, -0.2) is 0 Å². The summed E-state index contributed by atoms with van der Waals surface area (Å²) in [7, 11) is 4.12. The Hall–Kier alpha value is -0.700. The number of anilines is 2. The van der Waals surface area contributed by atoms with Gasteiger partial charge < -0.3 is 10.2 Å². The Morgan fingerprint density at radius 1 is 1.25 bits per heavy atom. The van der Waals surface area contributed by atoms with Crippen LogP contribution in [0.15, 0.2) is 22.7 Å². The van der Waals surface area contributed by atoms with E-state index in [1.807, 2.05) is 0 Å². The van der Waals surface area contributed by atoms with Crippen LogP contribution in [0.5, 0.6) is 0 Å². The Bertz CT molecular complexity index is 353. The zero-order valence-corrected chi connectivity index (χ0v) is 12.4. The summed E-state index contributed by atoms with van der Waals surface area (Å²) < 4.78 is 1.11. The van der Waals surface area contributed by atoms with Crippen LogP contribution in [0.3, 0.4) is 0 Å². The van der Waals surface area contributed by atoms with E-state index in [1.54, 1.807) is 0 Å². The van der Waals surface area contributed by atoms with E-state index in [1.165, 1.54) is 11.4 Å². The lowest BCUT2D eigenvalue weighted by atomic mass is 9.97. The van der Waals surface area contributed by atoms with Crippen molar-refractivity contribution in [1.82, 2.24) is 0 Å². The van der Waals surface area contributed by atoms with E-state index in [2.05, 4.69) is 79.2 Å². The molecule has 0 saturated heterocycles. The van der Waals surface area contributed by atoms with E-state index >= 15 is 0 Å². The standard InChI is InChI=1S/C13H21BrN2/c1-13(2,3)9-15-11-8-10(14)6-7-12(11)16(4)5/h6-8,15H,9H2,1-5H3. The molecule has 1 aromatic rings. The number of nitrogens with zero attached hydrogens (tertiary/aromatic N) is 1. The van der Waals surface area contributed by atoms with Crippen LogP contribution in [0.4, 0.5) is 11.4 Å². The molecule has 0 heterocycles. The van der Waals surface area contributed by atoms with E-state index in [0.29, 0.717) is 0 Å². The summed E-state index contributed by atoms with van der Waals surface area (Å²) in [6.45, 7) is 7.65. The molecule has 0 aromatic heterocycles. The van der Waals surface area contributed by atoms with Crippen LogP contribution in [0.2, 0.25) is 0 Å². The highest BCUT2D eigenvalue weighted by molar-refractivity contribution is 9.10. The summed E-state index contributed by atoms with van der Waals surface area (Å²) >= 11 is 3.51. The topological polar surface area (TPSA) is 15.3 Å². The first-order valence-electron chi connectivity index (χ1n) is 5.50. The van der Waals surface area contributed by atoms with Crippen LogP contribution in [0.1, 0.15) is 20.8 Å². The first-order chi connectivity index (χ1) is 7.29. The average Bonchev–Trinajstić information content (AvgIpc) is 2.13. The minimum absolute atomic E-state index is 0.284. The van der Waals surface area contributed by atoms with Gasteiger partial charge in [0.2, 0.25) is 0 Å². The summed E-state index contributed by atoms with van der Waals surface area (Å²) in [5, 5.41) is 3.50. The van der Waals surface area contributed by atoms with Crippen molar-refractivity contribution in [3.8, 4) is 0 Å². The Morgan fingerprint density at radius 2 is 1.88 bits per heavy atom. The first-order valence-corrected chi connectivity index (χ1v) is 6.30. The third kappa shape index (κ3) is 4.05. The minimum atomic E-state index is 0.284. The van der Waals surface area contributed by atoms with Crippen molar-refractivity contribution in [2.24, 2.45) is 5.41 Å². The van der Waals surface area contributed by atoms with Gasteiger partial charge in [0.1, 0.15) is 0 Å². The van der Waals surface area contributed by atoms with Gasteiger partial charge in [0, 0.05) is 25.1 Å². The molecule has 16 heavy (non-hydrogen) atoms. The summed E-state index contributed by atoms with van der Waals surface area (Å²) in [6.07, 6.45) is 0. The maximum Gasteiger partial charge on any atom is 0.0597 e. The average molecular weight is 285 g/mol. The molecule has 0 bridgehead atoms. The largest absolute Gasteiger partial charge is 0.383 e. The Morgan fingerprint density at radius 3 is 2.38 bits per heavy atom. The quantitative estimate of drug-likeness (QED) is 0.904. The molecular weight excluding hydrogens is 264 g/mol. The molecule has 0 amide bonds. The molecule has 0 unspecified atom stereocenters. The molecule has 0 aliphatic rings. The number of nitrogens with one attached hydrogen (secondary N) is 1. The summed E-state index contributed by atoms with van der Waals surface area (Å²) in [6, 6.07) is 6.31. The third-order valence-corrected chi connectivity index (χ3v) is 2.74. The van der Waals surface area contributed by atoms with Gasteiger partial charge in [0.15, 0.2) is 0 Å². The molecule has 2 nitrogen and oxygen atoms in total. The normalized spacial score (nSPS) is 11.4. The van der Waals surface area contributed by atoms with Gasteiger partial charge in [0.05, 0.1) is 11.4 Å². The molecule has 0 saturated carbocycles. The molecule has 1 rings (SSSR count). The fraction of sp³-hybridized carbons (Fsp3) is 0.538. The van der Waals surface area contributed by atoms with Gasteiger partial charge in [-0.1, -0.05) is 36.7 Å². The van der Waals surface area contributed by atoms with Gasteiger partial charge in [-0.15, -0.1) is 0 Å².